The summed E-state index contributed by atoms with van der Waals surface area (Å²) in [5.74, 6) is -0.670. The monoisotopic (exact) mass is 346 g/mol. The van der Waals surface area contributed by atoms with Crippen LogP contribution >= 0.6 is 0 Å². The number of cyclic esters (lactones) is 1. The summed E-state index contributed by atoms with van der Waals surface area (Å²) in [5.41, 5.74) is 1.35. The third kappa shape index (κ3) is 3.92. The molecule has 2 aliphatic rings. The maximum absolute atomic E-state index is 12.8. The van der Waals surface area contributed by atoms with Crippen LogP contribution in [0.4, 0.5) is 4.79 Å². The number of piperidine rings is 1. The first-order valence-electron chi connectivity index (χ1n) is 8.59. The van der Waals surface area contributed by atoms with Crippen LogP contribution in [0.1, 0.15) is 35.7 Å². The van der Waals surface area contributed by atoms with Crippen LogP contribution in [0.25, 0.3) is 0 Å². The Morgan fingerprint density at radius 3 is 2.96 bits per heavy atom. The van der Waals surface area contributed by atoms with Crippen LogP contribution in [0.15, 0.2) is 24.3 Å². The normalized spacial score (nSPS) is 22.6. The van der Waals surface area contributed by atoms with E-state index < -0.39 is 18.2 Å². The third-order valence-electron chi connectivity index (χ3n) is 4.50. The average molecular weight is 346 g/mol. The summed E-state index contributed by atoms with van der Waals surface area (Å²) in [4.78, 5) is 38.1. The van der Waals surface area contributed by atoms with Gasteiger partial charge in [-0.25, -0.2) is 9.59 Å². The topological polar surface area (TPSA) is 84.9 Å². The molecular formula is C18H22N2O5. The van der Waals surface area contributed by atoms with E-state index in [1.165, 1.54) is 0 Å². The minimum atomic E-state index is -0.802. The van der Waals surface area contributed by atoms with Crippen molar-refractivity contribution in [2.45, 2.75) is 38.3 Å². The summed E-state index contributed by atoms with van der Waals surface area (Å²) >= 11 is 0. The standard InChI is InChI=1S/C18H22N2O5/c1-2-24-18(23)19-13-7-5-9-20(11-13)16(21)15-10-12-6-3-4-8-14(12)17(22)25-15/h3-4,6,8,13,15H,2,5,7,9-11H2,1H3,(H,19,23)/t13-,15+/m0/s1. The summed E-state index contributed by atoms with van der Waals surface area (Å²) in [6, 6.07) is 7.02. The molecule has 1 N–H and O–H groups in total. The first kappa shape index (κ1) is 17.3. The number of fused-ring (bicyclic) bond motifs is 1. The Morgan fingerprint density at radius 1 is 1.36 bits per heavy atom. The van der Waals surface area contributed by atoms with Crippen molar-refractivity contribution in [1.82, 2.24) is 10.2 Å². The summed E-state index contributed by atoms with van der Waals surface area (Å²) < 4.78 is 10.2. The molecule has 0 unspecified atom stereocenters. The van der Waals surface area contributed by atoms with E-state index in [-0.39, 0.29) is 11.9 Å². The van der Waals surface area contributed by atoms with Gasteiger partial charge in [-0.2, -0.15) is 0 Å². The molecule has 3 rings (SSSR count). The van der Waals surface area contributed by atoms with Crippen LogP contribution in [0, 0.1) is 0 Å². The van der Waals surface area contributed by atoms with E-state index in [1.807, 2.05) is 12.1 Å². The van der Waals surface area contributed by atoms with Crippen LogP contribution in [0.3, 0.4) is 0 Å². The minimum absolute atomic E-state index is 0.150. The van der Waals surface area contributed by atoms with Crippen LogP contribution in [0.2, 0.25) is 0 Å². The Morgan fingerprint density at radius 2 is 2.16 bits per heavy atom. The number of esters is 1. The molecule has 25 heavy (non-hydrogen) atoms. The molecule has 0 aliphatic carbocycles. The molecule has 0 saturated carbocycles. The second-order valence-electron chi connectivity index (χ2n) is 6.24. The highest BCUT2D eigenvalue weighted by Gasteiger charge is 2.35. The van der Waals surface area contributed by atoms with E-state index in [1.54, 1.807) is 24.0 Å². The Labute approximate surface area is 146 Å². The number of hydrogen-bond acceptors (Lipinski definition) is 5. The molecule has 1 aromatic carbocycles. The number of nitrogens with one attached hydrogen (secondary N) is 1. The highest BCUT2D eigenvalue weighted by molar-refractivity contribution is 5.95. The van der Waals surface area contributed by atoms with Crippen molar-refractivity contribution in [1.29, 1.82) is 0 Å². The maximum atomic E-state index is 12.8. The molecule has 2 heterocycles. The molecule has 7 heteroatoms. The fraction of sp³-hybridized carbons (Fsp3) is 0.500. The van der Waals surface area contributed by atoms with Gasteiger partial charge in [0.05, 0.1) is 12.2 Å². The van der Waals surface area contributed by atoms with Gasteiger partial charge in [0.2, 0.25) is 0 Å². The lowest BCUT2D eigenvalue weighted by Gasteiger charge is -2.35. The van der Waals surface area contributed by atoms with Crippen LogP contribution < -0.4 is 5.32 Å². The molecule has 134 valence electrons. The zero-order valence-corrected chi connectivity index (χ0v) is 14.2. The van der Waals surface area contributed by atoms with Crippen molar-refractivity contribution < 1.29 is 23.9 Å². The molecule has 0 spiro atoms. The Balaban J connectivity index is 1.63. The van der Waals surface area contributed by atoms with Gasteiger partial charge < -0.3 is 19.7 Å². The molecule has 7 nitrogen and oxygen atoms in total. The third-order valence-corrected chi connectivity index (χ3v) is 4.50. The fourth-order valence-corrected chi connectivity index (χ4v) is 3.31. The van der Waals surface area contributed by atoms with E-state index in [9.17, 15) is 14.4 Å². The lowest BCUT2D eigenvalue weighted by molar-refractivity contribution is -0.142. The average Bonchev–Trinajstić information content (AvgIpc) is 2.61. The Bertz CT molecular complexity index is 675. The van der Waals surface area contributed by atoms with Gasteiger partial charge in [-0.15, -0.1) is 0 Å². The molecule has 1 saturated heterocycles. The van der Waals surface area contributed by atoms with Gasteiger partial charge in [-0.3, -0.25) is 4.79 Å². The van der Waals surface area contributed by atoms with Crippen molar-refractivity contribution >= 4 is 18.0 Å². The Hall–Kier alpha value is -2.57. The number of alkyl carbamates (subject to hydrolysis) is 1. The van der Waals surface area contributed by atoms with Gasteiger partial charge in [-0.1, -0.05) is 18.2 Å². The second kappa shape index (κ2) is 7.55. The van der Waals surface area contributed by atoms with Gasteiger partial charge in [-0.05, 0) is 31.4 Å². The van der Waals surface area contributed by atoms with E-state index in [4.69, 9.17) is 9.47 Å². The van der Waals surface area contributed by atoms with E-state index in [2.05, 4.69) is 5.32 Å². The largest absolute Gasteiger partial charge is 0.450 e. The summed E-state index contributed by atoms with van der Waals surface area (Å²) in [6.07, 6.45) is 0.673. The highest BCUT2D eigenvalue weighted by Crippen LogP contribution is 2.23. The van der Waals surface area contributed by atoms with Crippen LogP contribution in [-0.2, 0) is 20.7 Å². The molecule has 1 fully saturated rings. The number of rotatable bonds is 3. The SMILES string of the molecule is CCOC(=O)N[C@H]1CCCN(C(=O)[C@H]2Cc3ccccc3C(=O)O2)C1. The molecule has 2 atom stereocenters. The lowest BCUT2D eigenvalue weighted by atomic mass is 9.97. The molecule has 0 bridgehead atoms. The summed E-state index contributed by atoms with van der Waals surface area (Å²) in [7, 11) is 0. The molecule has 0 aromatic heterocycles. The van der Waals surface area contributed by atoms with E-state index in [0.29, 0.717) is 31.7 Å². The van der Waals surface area contributed by atoms with Crippen molar-refractivity contribution in [3.05, 3.63) is 35.4 Å². The number of benzene rings is 1. The maximum Gasteiger partial charge on any atom is 0.407 e. The second-order valence-corrected chi connectivity index (χ2v) is 6.24. The molecular weight excluding hydrogens is 324 g/mol. The van der Waals surface area contributed by atoms with E-state index in [0.717, 1.165) is 18.4 Å². The minimum Gasteiger partial charge on any atom is -0.450 e. The smallest absolute Gasteiger partial charge is 0.407 e. The lowest BCUT2D eigenvalue weighted by Crippen LogP contribution is -2.53. The predicted octanol–water partition coefficient (Wildman–Crippen LogP) is 1.51. The quantitative estimate of drug-likeness (QED) is 0.839. The number of likely N-dealkylation sites (tertiary alicyclic amines) is 1. The first-order chi connectivity index (χ1) is 12.1. The van der Waals surface area contributed by atoms with Crippen LogP contribution in [0.5, 0.6) is 0 Å². The fourth-order valence-electron chi connectivity index (χ4n) is 3.31. The van der Waals surface area contributed by atoms with Gasteiger partial charge in [0.1, 0.15) is 0 Å². The van der Waals surface area contributed by atoms with Gasteiger partial charge >= 0.3 is 12.1 Å². The van der Waals surface area contributed by atoms with Gasteiger partial charge in [0, 0.05) is 25.6 Å². The van der Waals surface area contributed by atoms with Crippen molar-refractivity contribution in [3.63, 3.8) is 0 Å². The van der Waals surface area contributed by atoms with E-state index >= 15 is 0 Å². The zero-order chi connectivity index (χ0) is 17.8. The molecule has 0 radical (unpaired) electrons. The highest BCUT2D eigenvalue weighted by atomic mass is 16.6. The van der Waals surface area contributed by atoms with Crippen molar-refractivity contribution in [3.8, 4) is 0 Å². The zero-order valence-electron chi connectivity index (χ0n) is 14.2. The number of carbonyl (C=O) groups excluding carboxylic acids is 3. The molecule has 1 aromatic rings. The number of carbonyl (C=O) groups is 3. The number of hydrogen-bond donors (Lipinski definition) is 1. The summed E-state index contributed by atoms with van der Waals surface area (Å²) in [6.45, 7) is 3.03. The molecule has 2 amide bonds. The van der Waals surface area contributed by atoms with Crippen molar-refractivity contribution in [2.75, 3.05) is 19.7 Å². The van der Waals surface area contributed by atoms with Crippen LogP contribution in [-0.4, -0.2) is 54.7 Å². The number of amides is 2. The van der Waals surface area contributed by atoms with Crippen molar-refractivity contribution in [2.24, 2.45) is 0 Å². The van der Waals surface area contributed by atoms with Gasteiger partial charge in [0.25, 0.3) is 5.91 Å². The summed E-state index contributed by atoms with van der Waals surface area (Å²) in [5, 5.41) is 2.77. The first-order valence-corrected chi connectivity index (χ1v) is 8.59. The number of ether oxygens (including phenoxy) is 2. The predicted molar refractivity (Wildman–Crippen MR) is 89.1 cm³/mol. The number of nitrogens with zero attached hydrogens (tertiary/aromatic N) is 1. The Kier molecular flexibility index (Phi) is 5.21. The van der Waals surface area contributed by atoms with Gasteiger partial charge in [0.15, 0.2) is 6.10 Å². The molecule has 2 aliphatic heterocycles.